The third-order valence-corrected chi connectivity index (χ3v) is 4.57. The summed E-state index contributed by atoms with van der Waals surface area (Å²) in [6.45, 7) is 6.41. The van der Waals surface area contributed by atoms with Gasteiger partial charge in [-0.25, -0.2) is 9.37 Å². The molecule has 0 aliphatic carbocycles. The minimum absolute atomic E-state index is 0.0329. The molecule has 0 radical (unpaired) electrons. The fourth-order valence-electron chi connectivity index (χ4n) is 2.08. The molecule has 0 amide bonds. The first-order valence-electron chi connectivity index (χ1n) is 6.89. The van der Waals surface area contributed by atoms with Crippen molar-refractivity contribution in [2.75, 3.05) is 7.05 Å². The van der Waals surface area contributed by atoms with Crippen molar-refractivity contribution in [3.8, 4) is 0 Å². The lowest BCUT2D eigenvalue weighted by Crippen LogP contribution is -2.20. The maximum Gasteiger partial charge on any atom is 0.146 e. The van der Waals surface area contributed by atoms with E-state index in [9.17, 15) is 4.39 Å². The summed E-state index contributed by atoms with van der Waals surface area (Å²) in [6.07, 6.45) is 0.647. The molecule has 1 aromatic heterocycles. The summed E-state index contributed by atoms with van der Waals surface area (Å²) in [4.78, 5) is 4.67. The lowest BCUT2D eigenvalue weighted by Gasteiger charge is -2.17. The molecule has 0 fully saturated rings. The van der Waals surface area contributed by atoms with E-state index >= 15 is 0 Å². The van der Waals surface area contributed by atoms with E-state index in [0.29, 0.717) is 12.0 Å². The molecule has 0 saturated carbocycles. The Bertz CT molecular complexity index is 619. The highest BCUT2D eigenvalue weighted by molar-refractivity contribution is 7.09. The summed E-state index contributed by atoms with van der Waals surface area (Å²) in [6, 6.07) is 4.96. The summed E-state index contributed by atoms with van der Waals surface area (Å²) < 4.78 is 14.1. The SMILES string of the molecule is CNC(Cc1nc(C(C)(C)C)cs1)c1cccc(Cl)c1F. The molecule has 2 nitrogen and oxygen atoms in total. The fraction of sp³-hybridized carbons (Fsp3) is 0.438. The molecule has 0 aliphatic heterocycles. The first-order chi connectivity index (χ1) is 9.82. The van der Waals surface area contributed by atoms with Crippen LogP contribution in [0.4, 0.5) is 4.39 Å². The number of likely N-dealkylation sites (N-methyl/N-ethyl adjacent to an activating group) is 1. The maximum absolute atomic E-state index is 14.1. The third-order valence-electron chi connectivity index (χ3n) is 3.40. The molecule has 0 spiro atoms. The van der Waals surface area contributed by atoms with Gasteiger partial charge in [-0.15, -0.1) is 11.3 Å². The van der Waals surface area contributed by atoms with Gasteiger partial charge < -0.3 is 5.32 Å². The number of hydrogen-bond acceptors (Lipinski definition) is 3. The van der Waals surface area contributed by atoms with Crippen LogP contribution in [0.25, 0.3) is 0 Å². The van der Waals surface area contributed by atoms with Crippen LogP contribution in [0.15, 0.2) is 23.6 Å². The Balaban J connectivity index is 2.23. The number of benzene rings is 1. The number of nitrogens with zero attached hydrogens (tertiary/aromatic N) is 1. The lowest BCUT2D eigenvalue weighted by atomic mass is 9.93. The van der Waals surface area contributed by atoms with Gasteiger partial charge in [0.25, 0.3) is 0 Å². The monoisotopic (exact) mass is 326 g/mol. The van der Waals surface area contributed by atoms with Gasteiger partial charge in [0.05, 0.1) is 15.7 Å². The molecule has 2 rings (SSSR count). The van der Waals surface area contributed by atoms with Gasteiger partial charge in [0.2, 0.25) is 0 Å². The standard InChI is InChI=1S/C16H20ClFN2S/c1-16(2,3)13-9-21-14(20-13)8-12(19-4)10-6-5-7-11(17)15(10)18/h5-7,9,12,19H,8H2,1-4H3. The predicted octanol–water partition coefficient (Wildman–Crippen LogP) is 4.74. The number of rotatable bonds is 4. The van der Waals surface area contributed by atoms with E-state index in [4.69, 9.17) is 11.6 Å². The molecule has 0 aliphatic rings. The van der Waals surface area contributed by atoms with E-state index < -0.39 is 0 Å². The normalized spacial score (nSPS) is 13.4. The second kappa shape index (κ2) is 6.42. The maximum atomic E-state index is 14.1. The zero-order chi connectivity index (χ0) is 15.6. The van der Waals surface area contributed by atoms with E-state index in [-0.39, 0.29) is 22.3 Å². The molecule has 114 valence electrons. The van der Waals surface area contributed by atoms with E-state index in [0.717, 1.165) is 10.7 Å². The van der Waals surface area contributed by atoms with Gasteiger partial charge in [0.1, 0.15) is 5.82 Å². The van der Waals surface area contributed by atoms with Crippen LogP contribution in [0.1, 0.15) is 43.1 Å². The largest absolute Gasteiger partial charge is 0.313 e. The van der Waals surface area contributed by atoms with Crippen LogP contribution in [-0.2, 0) is 11.8 Å². The van der Waals surface area contributed by atoms with Crippen LogP contribution in [0.3, 0.4) is 0 Å². The number of thiazole rings is 1. The molecular formula is C16H20ClFN2S. The first kappa shape index (κ1) is 16.4. The van der Waals surface area contributed by atoms with Gasteiger partial charge in [-0.2, -0.15) is 0 Å². The molecule has 1 heterocycles. The molecule has 1 aromatic carbocycles. The average molecular weight is 327 g/mol. The van der Waals surface area contributed by atoms with Crippen molar-refractivity contribution in [2.45, 2.75) is 38.6 Å². The second-order valence-corrected chi connectivity index (χ2v) is 7.41. The van der Waals surface area contributed by atoms with E-state index in [1.165, 1.54) is 0 Å². The molecule has 1 N–H and O–H groups in total. The number of halogens is 2. The predicted molar refractivity (Wildman–Crippen MR) is 87.7 cm³/mol. The summed E-state index contributed by atoms with van der Waals surface area (Å²) in [5.41, 5.74) is 1.69. The Morgan fingerprint density at radius 3 is 2.67 bits per heavy atom. The number of hydrogen-bond donors (Lipinski definition) is 1. The van der Waals surface area contributed by atoms with Crippen LogP contribution < -0.4 is 5.32 Å². The Hall–Kier alpha value is -0.970. The second-order valence-electron chi connectivity index (χ2n) is 6.06. The van der Waals surface area contributed by atoms with Gasteiger partial charge in [0.15, 0.2) is 0 Å². The van der Waals surface area contributed by atoms with Crippen molar-refractivity contribution in [3.63, 3.8) is 0 Å². The Labute approximate surface area is 134 Å². The average Bonchev–Trinajstić information content (AvgIpc) is 2.88. The third kappa shape index (κ3) is 3.82. The Morgan fingerprint density at radius 1 is 1.38 bits per heavy atom. The summed E-state index contributed by atoms with van der Waals surface area (Å²) >= 11 is 7.48. The van der Waals surface area contributed by atoms with Crippen molar-refractivity contribution in [3.05, 3.63) is 50.7 Å². The van der Waals surface area contributed by atoms with Crippen molar-refractivity contribution in [1.29, 1.82) is 0 Å². The topological polar surface area (TPSA) is 24.9 Å². The minimum atomic E-state index is -0.355. The van der Waals surface area contributed by atoms with Gasteiger partial charge in [-0.05, 0) is 13.1 Å². The molecule has 1 atom stereocenters. The van der Waals surface area contributed by atoms with Crippen LogP contribution in [0.5, 0.6) is 0 Å². The molecule has 0 bridgehead atoms. The van der Waals surface area contributed by atoms with Gasteiger partial charge >= 0.3 is 0 Å². The van der Waals surface area contributed by atoms with Crippen molar-refractivity contribution >= 4 is 22.9 Å². The first-order valence-corrected chi connectivity index (χ1v) is 8.14. The van der Waals surface area contributed by atoms with Gasteiger partial charge in [-0.1, -0.05) is 44.5 Å². The summed E-state index contributed by atoms with van der Waals surface area (Å²) in [7, 11) is 1.82. The van der Waals surface area contributed by atoms with Crippen molar-refractivity contribution in [1.82, 2.24) is 10.3 Å². The van der Waals surface area contributed by atoms with Crippen LogP contribution >= 0.6 is 22.9 Å². The van der Waals surface area contributed by atoms with Crippen LogP contribution in [-0.4, -0.2) is 12.0 Å². The van der Waals surface area contributed by atoms with Gasteiger partial charge in [0, 0.05) is 28.8 Å². The highest BCUT2D eigenvalue weighted by Gasteiger charge is 2.21. The Kier molecular flexibility index (Phi) is 5.02. The van der Waals surface area contributed by atoms with Crippen LogP contribution in [0.2, 0.25) is 5.02 Å². The summed E-state index contributed by atoms with van der Waals surface area (Å²) in [5, 5.41) is 6.38. The highest BCUT2D eigenvalue weighted by Crippen LogP contribution is 2.29. The lowest BCUT2D eigenvalue weighted by molar-refractivity contribution is 0.529. The van der Waals surface area contributed by atoms with Crippen molar-refractivity contribution in [2.24, 2.45) is 0 Å². The van der Waals surface area contributed by atoms with E-state index in [2.05, 4.69) is 36.5 Å². The zero-order valence-corrected chi connectivity index (χ0v) is 14.3. The van der Waals surface area contributed by atoms with Gasteiger partial charge in [-0.3, -0.25) is 0 Å². The molecule has 0 saturated heterocycles. The molecule has 21 heavy (non-hydrogen) atoms. The number of nitrogens with one attached hydrogen (secondary N) is 1. The summed E-state index contributed by atoms with van der Waals surface area (Å²) in [5.74, 6) is -0.355. The minimum Gasteiger partial charge on any atom is -0.313 e. The van der Waals surface area contributed by atoms with Crippen molar-refractivity contribution < 1.29 is 4.39 Å². The molecule has 5 heteroatoms. The quantitative estimate of drug-likeness (QED) is 0.878. The molecular weight excluding hydrogens is 307 g/mol. The fourth-order valence-corrected chi connectivity index (χ4v) is 3.33. The molecule has 1 unspecified atom stereocenters. The molecule has 2 aromatic rings. The zero-order valence-electron chi connectivity index (χ0n) is 12.7. The van der Waals surface area contributed by atoms with E-state index in [1.807, 2.05) is 7.05 Å². The highest BCUT2D eigenvalue weighted by atomic mass is 35.5. The number of aromatic nitrogens is 1. The van der Waals surface area contributed by atoms with Crippen LogP contribution in [0, 0.1) is 5.82 Å². The Morgan fingerprint density at radius 2 is 2.10 bits per heavy atom. The van der Waals surface area contributed by atoms with E-state index in [1.54, 1.807) is 29.5 Å². The smallest absolute Gasteiger partial charge is 0.146 e.